The third-order valence-corrected chi connectivity index (χ3v) is 4.37. The molecule has 27 heavy (non-hydrogen) atoms. The number of esters is 3. The lowest BCUT2D eigenvalue weighted by Gasteiger charge is -2.21. The summed E-state index contributed by atoms with van der Waals surface area (Å²) in [5.74, 6) is -1.34. The average Bonchev–Trinajstić information content (AvgIpc) is 2.62. The van der Waals surface area contributed by atoms with Crippen molar-refractivity contribution >= 4 is 17.9 Å². The summed E-state index contributed by atoms with van der Waals surface area (Å²) in [6, 6.07) is 0. The summed E-state index contributed by atoms with van der Waals surface area (Å²) in [5.41, 5.74) is 0. The Morgan fingerprint density at radius 1 is 0.667 bits per heavy atom. The molecule has 0 aromatic rings. The zero-order valence-corrected chi connectivity index (χ0v) is 17.8. The fraction of sp³-hybridized carbons (Fsp3) is 0.857. The van der Waals surface area contributed by atoms with Gasteiger partial charge in [0.05, 0.1) is 11.8 Å². The topological polar surface area (TPSA) is 78.9 Å². The molecule has 0 aliphatic rings. The summed E-state index contributed by atoms with van der Waals surface area (Å²) in [7, 11) is 0. The van der Waals surface area contributed by atoms with Crippen molar-refractivity contribution in [3.8, 4) is 0 Å². The van der Waals surface area contributed by atoms with Crippen LogP contribution in [0.1, 0.15) is 86.0 Å². The van der Waals surface area contributed by atoms with Crippen molar-refractivity contribution in [3.05, 3.63) is 0 Å². The van der Waals surface area contributed by atoms with Gasteiger partial charge in [-0.15, -0.1) is 0 Å². The van der Waals surface area contributed by atoms with Gasteiger partial charge in [-0.1, -0.05) is 53.4 Å². The first-order valence-corrected chi connectivity index (χ1v) is 10.4. The van der Waals surface area contributed by atoms with Gasteiger partial charge in [-0.05, 0) is 25.7 Å². The van der Waals surface area contributed by atoms with E-state index in [-0.39, 0.29) is 37.0 Å². The number of carbonyl (C=O) groups excluding carboxylic acids is 3. The molecule has 6 heteroatoms. The Hall–Kier alpha value is -1.59. The standard InChI is InChI=1S/C21H38O6/c1-6-10-17(11-7-2)20(23)25-14-19(27-16(5)22)15-26-21(24)18(12-8-3)13-9-4/h17-19H,6-15H2,1-5H3. The van der Waals surface area contributed by atoms with E-state index in [4.69, 9.17) is 14.2 Å². The van der Waals surface area contributed by atoms with Crippen LogP contribution < -0.4 is 0 Å². The van der Waals surface area contributed by atoms with Crippen molar-refractivity contribution in [2.45, 2.75) is 92.1 Å². The summed E-state index contributed by atoms with van der Waals surface area (Å²) in [5, 5.41) is 0. The van der Waals surface area contributed by atoms with Gasteiger partial charge >= 0.3 is 17.9 Å². The lowest BCUT2D eigenvalue weighted by molar-refractivity contribution is -0.168. The van der Waals surface area contributed by atoms with Crippen LogP contribution in [0, 0.1) is 11.8 Å². The molecular formula is C21H38O6. The highest BCUT2D eigenvalue weighted by atomic mass is 16.6. The minimum atomic E-state index is -0.775. The van der Waals surface area contributed by atoms with Gasteiger partial charge in [0.15, 0.2) is 6.10 Å². The number of rotatable bonds is 15. The number of hydrogen-bond donors (Lipinski definition) is 0. The summed E-state index contributed by atoms with van der Waals surface area (Å²) < 4.78 is 15.9. The van der Waals surface area contributed by atoms with E-state index in [1.54, 1.807) is 0 Å². The van der Waals surface area contributed by atoms with Gasteiger partial charge in [0.1, 0.15) is 13.2 Å². The zero-order chi connectivity index (χ0) is 20.7. The predicted molar refractivity (Wildman–Crippen MR) is 104 cm³/mol. The molecule has 0 amide bonds. The highest BCUT2D eigenvalue weighted by molar-refractivity contribution is 5.73. The lowest BCUT2D eigenvalue weighted by Crippen LogP contribution is -2.32. The third kappa shape index (κ3) is 11.7. The summed E-state index contributed by atoms with van der Waals surface area (Å²) >= 11 is 0. The van der Waals surface area contributed by atoms with Gasteiger partial charge < -0.3 is 14.2 Å². The molecule has 0 atom stereocenters. The van der Waals surface area contributed by atoms with Crippen LogP contribution in [0.25, 0.3) is 0 Å². The van der Waals surface area contributed by atoms with E-state index >= 15 is 0 Å². The van der Waals surface area contributed by atoms with Crippen molar-refractivity contribution in [2.24, 2.45) is 11.8 Å². The Morgan fingerprint density at radius 3 is 1.26 bits per heavy atom. The van der Waals surface area contributed by atoms with Crippen LogP contribution in [0.3, 0.4) is 0 Å². The number of carbonyl (C=O) groups is 3. The normalized spacial score (nSPS) is 11.1. The summed E-state index contributed by atoms with van der Waals surface area (Å²) in [6.07, 6.45) is 5.93. The molecule has 0 aromatic heterocycles. The fourth-order valence-corrected chi connectivity index (χ4v) is 3.09. The molecule has 0 aromatic carbocycles. The quantitative estimate of drug-likeness (QED) is 0.306. The maximum Gasteiger partial charge on any atom is 0.309 e. The van der Waals surface area contributed by atoms with Crippen LogP contribution in [0.4, 0.5) is 0 Å². The zero-order valence-electron chi connectivity index (χ0n) is 17.8. The third-order valence-electron chi connectivity index (χ3n) is 4.37. The number of hydrogen-bond acceptors (Lipinski definition) is 6. The van der Waals surface area contributed by atoms with E-state index < -0.39 is 12.1 Å². The maximum atomic E-state index is 12.3. The molecule has 0 unspecified atom stereocenters. The summed E-state index contributed by atoms with van der Waals surface area (Å²) in [6.45, 7) is 9.20. The number of ether oxygens (including phenoxy) is 3. The molecule has 0 aliphatic carbocycles. The van der Waals surface area contributed by atoms with Gasteiger partial charge in [-0.2, -0.15) is 0 Å². The van der Waals surface area contributed by atoms with E-state index in [0.29, 0.717) is 0 Å². The molecule has 0 saturated heterocycles. The molecule has 0 bridgehead atoms. The van der Waals surface area contributed by atoms with Crippen LogP contribution in [-0.4, -0.2) is 37.2 Å². The predicted octanol–water partition coefficient (Wildman–Crippen LogP) is 4.44. The Kier molecular flexibility index (Phi) is 14.6. The van der Waals surface area contributed by atoms with Crippen molar-refractivity contribution in [2.75, 3.05) is 13.2 Å². The van der Waals surface area contributed by atoms with E-state index in [1.165, 1.54) is 6.92 Å². The molecule has 0 aliphatic heterocycles. The van der Waals surface area contributed by atoms with E-state index in [1.807, 2.05) is 27.7 Å². The molecule has 0 N–H and O–H groups in total. The smallest absolute Gasteiger partial charge is 0.309 e. The van der Waals surface area contributed by atoms with Gasteiger partial charge in [0, 0.05) is 6.92 Å². The summed E-state index contributed by atoms with van der Waals surface area (Å²) in [4.78, 5) is 35.8. The second-order valence-electron chi connectivity index (χ2n) is 7.04. The Balaban J connectivity index is 4.67. The molecule has 0 fully saturated rings. The Labute approximate surface area is 164 Å². The monoisotopic (exact) mass is 386 g/mol. The van der Waals surface area contributed by atoms with Gasteiger partial charge in [-0.25, -0.2) is 0 Å². The Bertz CT molecular complexity index is 390. The molecule has 0 saturated carbocycles. The SMILES string of the molecule is CCCC(CCC)C(=O)OCC(COC(=O)C(CCC)CCC)OC(C)=O. The van der Waals surface area contributed by atoms with E-state index in [0.717, 1.165) is 51.4 Å². The van der Waals surface area contributed by atoms with Gasteiger partial charge in [-0.3, -0.25) is 14.4 Å². The molecule has 0 rings (SSSR count). The second-order valence-corrected chi connectivity index (χ2v) is 7.04. The van der Waals surface area contributed by atoms with Crippen molar-refractivity contribution < 1.29 is 28.6 Å². The van der Waals surface area contributed by atoms with Crippen molar-refractivity contribution in [3.63, 3.8) is 0 Å². The molecule has 158 valence electrons. The fourth-order valence-electron chi connectivity index (χ4n) is 3.09. The first kappa shape index (κ1) is 25.4. The highest BCUT2D eigenvalue weighted by Crippen LogP contribution is 2.17. The molecular weight excluding hydrogens is 348 g/mol. The van der Waals surface area contributed by atoms with Crippen LogP contribution in [-0.2, 0) is 28.6 Å². The minimum absolute atomic E-state index is 0.0954. The molecule has 0 heterocycles. The van der Waals surface area contributed by atoms with Crippen LogP contribution in [0.2, 0.25) is 0 Å². The first-order valence-electron chi connectivity index (χ1n) is 10.4. The first-order chi connectivity index (χ1) is 12.9. The molecule has 0 spiro atoms. The van der Waals surface area contributed by atoms with Crippen LogP contribution in [0.5, 0.6) is 0 Å². The van der Waals surface area contributed by atoms with Crippen LogP contribution in [0.15, 0.2) is 0 Å². The minimum Gasteiger partial charge on any atom is -0.461 e. The average molecular weight is 387 g/mol. The van der Waals surface area contributed by atoms with E-state index in [9.17, 15) is 14.4 Å². The van der Waals surface area contributed by atoms with Gasteiger partial charge in [0.2, 0.25) is 0 Å². The van der Waals surface area contributed by atoms with Crippen molar-refractivity contribution in [1.29, 1.82) is 0 Å². The highest BCUT2D eigenvalue weighted by Gasteiger charge is 2.24. The maximum absolute atomic E-state index is 12.3. The lowest BCUT2D eigenvalue weighted by atomic mass is 9.98. The molecule has 6 nitrogen and oxygen atoms in total. The van der Waals surface area contributed by atoms with Gasteiger partial charge in [0.25, 0.3) is 0 Å². The second kappa shape index (κ2) is 15.5. The largest absolute Gasteiger partial charge is 0.461 e. The Morgan fingerprint density at radius 2 is 1.00 bits per heavy atom. The van der Waals surface area contributed by atoms with Crippen LogP contribution >= 0.6 is 0 Å². The molecule has 0 radical (unpaired) electrons. The van der Waals surface area contributed by atoms with E-state index in [2.05, 4.69) is 0 Å². The van der Waals surface area contributed by atoms with Crippen molar-refractivity contribution in [1.82, 2.24) is 0 Å².